The molecular formula is C19H38ClN. The quantitative estimate of drug-likeness (QED) is 0.311. The fourth-order valence-corrected chi connectivity index (χ4v) is 3.93. The Hall–Kier alpha value is 0.250. The molecule has 2 unspecified atom stereocenters. The van der Waals surface area contributed by atoms with Gasteiger partial charge in [0.15, 0.2) is 0 Å². The Balaban J connectivity index is 1.83. The number of alkyl halides is 1. The van der Waals surface area contributed by atoms with Gasteiger partial charge in [0.05, 0.1) is 0 Å². The summed E-state index contributed by atoms with van der Waals surface area (Å²) in [5, 5.41) is 3.76. The maximum Gasteiger partial charge on any atom is 0.0266 e. The minimum absolute atomic E-state index is 0.704. The van der Waals surface area contributed by atoms with E-state index in [0.717, 1.165) is 11.8 Å². The van der Waals surface area contributed by atoms with Crippen LogP contribution in [0.3, 0.4) is 0 Å². The summed E-state index contributed by atoms with van der Waals surface area (Å²) in [6.07, 6.45) is 19.7. The molecule has 1 N–H and O–H groups in total. The van der Waals surface area contributed by atoms with Crippen molar-refractivity contribution in [1.29, 1.82) is 0 Å². The summed E-state index contributed by atoms with van der Waals surface area (Å²) in [5.41, 5.74) is 0. The lowest BCUT2D eigenvalue weighted by Gasteiger charge is -2.31. The van der Waals surface area contributed by atoms with Crippen LogP contribution in [0.2, 0.25) is 0 Å². The maximum absolute atomic E-state index is 6.08. The SMILES string of the molecule is CCCCCCCCCCCCNC1CCCCC1CCl. The molecule has 0 bridgehead atoms. The molecule has 0 saturated heterocycles. The van der Waals surface area contributed by atoms with Crippen LogP contribution >= 0.6 is 11.6 Å². The average Bonchev–Trinajstić information content (AvgIpc) is 2.53. The van der Waals surface area contributed by atoms with Gasteiger partial charge >= 0.3 is 0 Å². The van der Waals surface area contributed by atoms with Gasteiger partial charge in [-0.2, -0.15) is 0 Å². The molecule has 0 radical (unpaired) electrons. The lowest BCUT2D eigenvalue weighted by molar-refractivity contribution is 0.282. The molecule has 0 aromatic heterocycles. The van der Waals surface area contributed by atoms with Crippen molar-refractivity contribution >= 4 is 11.6 Å². The molecule has 0 spiro atoms. The molecule has 1 rings (SSSR count). The number of nitrogens with one attached hydrogen (secondary N) is 1. The second-order valence-corrected chi connectivity index (χ2v) is 7.25. The summed E-state index contributed by atoms with van der Waals surface area (Å²) in [7, 11) is 0. The van der Waals surface area contributed by atoms with Crippen LogP contribution in [0.1, 0.15) is 96.8 Å². The summed E-state index contributed by atoms with van der Waals surface area (Å²) >= 11 is 6.08. The number of hydrogen-bond acceptors (Lipinski definition) is 1. The average molecular weight is 316 g/mol. The van der Waals surface area contributed by atoms with E-state index < -0.39 is 0 Å². The summed E-state index contributed by atoms with van der Waals surface area (Å²) in [6.45, 7) is 3.49. The van der Waals surface area contributed by atoms with Gasteiger partial charge in [0, 0.05) is 11.9 Å². The van der Waals surface area contributed by atoms with Crippen molar-refractivity contribution in [3.63, 3.8) is 0 Å². The molecule has 0 heterocycles. The van der Waals surface area contributed by atoms with Gasteiger partial charge in [-0.3, -0.25) is 0 Å². The smallest absolute Gasteiger partial charge is 0.0266 e. The zero-order chi connectivity index (χ0) is 15.2. The molecule has 2 heteroatoms. The van der Waals surface area contributed by atoms with Gasteiger partial charge in [-0.25, -0.2) is 0 Å². The van der Waals surface area contributed by atoms with Crippen molar-refractivity contribution in [2.24, 2.45) is 5.92 Å². The monoisotopic (exact) mass is 315 g/mol. The first kappa shape index (κ1) is 19.3. The highest BCUT2D eigenvalue weighted by Crippen LogP contribution is 2.25. The second-order valence-electron chi connectivity index (χ2n) is 6.94. The van der Waals surface area contributed by atoms with Gasteiger partial charge in [0.25, 0.3) is 0 Å². The standard InChI is InChI=1S/C19H38ClN/c1-2-3-4-5-6-7-8-9-10-13-16-21-19-15-12-11-14-18(19)17-20/h18-19,21H,2-17H2,1H3. The van der Waals surface area contributed by atoms with Crippen LogP contribution in [0.15, 0.2) is 0 Å². The highest BCUT2D eigenvalue weighted by atomic mass is 35.5. The predicted molar refractivity (Wildman–Crippen MR) is 96.3 cm³/mol. The van der Waals surface area contributed by atoms with Gasteiger partial charge in [0.2, 0.25) is 0 Å². The Morgan fingerprint density at radius 3 is 2.00 bits per heavy atom. The molecule has 2 atom stereocenters. The largest absolute Gasteiger partial charge is 0.314 e. The number of hydrogen-bond donors (Lipinski definition) is 1. The predicted octanol–water partition coefficient (Wildman–Crippen LogP) is 6.29. The number of halogens is 1. The molecular weight excluding hydrogens is 278 g/mol. The van der Waals surface area contributed by atoms with Gasteiger partial charge in [0.1, 0.15) is 0 Å². The van der Waals surface area contributed by atoms with E-state index in [2.05, 4.69) is 12.2 Å². The van der Waals surface area contributed by atoms with E-state index in [1.165, 1.54) is 96.4 Å². The molecule has 0 aromatic rings. The third-order valence-electron chi connectivity index (χ3n) is 5.04. The molecule has 1 nitrogen and oxygen atoms in total. The van der Waals surface area contributed by atoms with Crippen molar-refractivity contribution in [3.05, 3.63) is 0 Å². The summed E-state index contributed by atoms with van der Waals surface area (Å²) in [4.78, 5) is 0. The van der Waals surface area contributed by atoms with Crippen molar-refractivity contribution in [2.75, 3.05) is 12.4 Å². The third-order valence-corrected chi connectivity index (χ3v) is 5.44. The Labute approximate surface area is 138 Å². The fourth-order valence-electron chi connectivity index (χ4n) is 3.56. The highest BCUT2D eigenvalue weighted by molar-refractivity contribution is 6.18. The van der Waals surface area contributed by atoms with Crippen LogP contribution in [0.4, 0.5) is 0 Å². The highest BCUT2D eigenvalue weighted by Gasteiger charge is 2.23. The molecule has 21 heavy (non-hydrogen) atoms. The van der Waals surface area contributed by atoms with Crippen molar-refractivity contribution in [2.45, 2.75) is 103 Å². The minimum atomic E-state index is 0.704. The lowest BCUT2D eigenvalue weighted by Crippen LogP contribution is -2.39. The molecule has 1 fully saturated rings. The van der Waals surface area contributed by atoms with Gasteiger partial charge in [-0.1, -0.05) is 77.6 Å². The van der Waals surface area contributed by atoms with Crippen LogP contribution in [-0.4, -0.2) is 18.5 Å². The van der Waals surface area contributed by atoms with Crippen LogP contribution < -0.4 is 5.32 Å². The number of unbranched alkanes of at least 4 members (excludes halogenated alkanes) is 9. The summed E-state index contributed by atoms with van der Waals surface area (Å²) in [6, 6.07) is 0.704. The molecule has 126 valence electrons. The van der Waals surface area contributed by atoms with E-state index in [0.29, 0.717) is 6.04 Å². The normalized spacial score (nSPS) is 22.6. The Morgan fingerprint density at radius 2 is 1.38 bits per heavy atom. The van der Waals surface area contributed by atoms with Gasteiger partial charge in [-0.15, -0.1) is 11.6 Å². The molecule has 1 aliphatic rings. The van der Waals surface area contributed by atoms with Crippen LogP contribution in [0, 0.1) is 5.92 Å². The van der Waals surface area contributed by atoms with E-state index in [4.69, 9.17) is 11.6 Å². The second kappa shape index (κ2) is 13.9. The lowest BCUT2D eigenvalue weighted by atomic mass is 9.86. The van der Waals surface area contributed by atoms with Crippen LogP contribution in [0.25, 0.3) is 0 Å². The van der Waals surface area contributed by atoms with E-state index in [1.807, 2.05) is 0 Å². The zero-order valence-corrected chi connectivity index (χ0v) is 15.1. The van der Waals surface area contributed by atoms with Gasteiger partial charge < -0.3 is 5.32 Å². The fraction of sp³-hybridized carbons (Fsp3) is 1.00. The van der Waals surface area contributed by atoms with Crippen molar-refractivity contribution < 1.29 is 0 Å². The third kappa shape index (κ3) is 9.79. The van der Waals surface area contributed by atoms with E-state index in [1.54, 1.807) is 0 Å². The maximum atomic E-state index is 6.08. The van der Waals surface area contributed by atoms with Crippen LogP contribution in [0.5, 0.6) is 0 Å². The minimum Gasteiger partial charge on any atom is -0.314 e. The molecule has 0 aliphatic heterocycles. The van der Waals surface area contributed by atoms with Gasteiger partial charge in [-0.05, 0) is 31.7 Å². The van der Waals surface area contributed by atoms with Crippen molar-refractivity contribution in [3.8, 4) is 0 Å². The molecule has 0 aromatic carbocycles. The molecule has 1 aliphatic carbocycles. The first-order valence-electron chi connectivity index (χ1n) is 9.67. The first-order chi connectivity index (χ1) is 10.4. The Bertz CT molecular complexity index is 220. The molecule has 0 amide bonds. The van der Waals surface area contributed by atoms with Crippen molar-refractivity contribution in [1.82, 2.24) is 5.32 Å². The Morgan fingerprint density at radius 1 is 0.810 bits per heavy atom. The number of rotatable bonds is 13. The Kier molecular flexibility index (Phi) is 12.8. The van der Waals surface area contributed by atoms with E-state index in [-0.39, 0.29) is 0 Å². The zero-order valence-electron chi connectivity index (χ0n) is 14.3. The first-order valence-corrected chi connectivity index (χ1v) is 10.2. The summed E-state index contributed by atoms with van der Waals surface area (Å²) in [5.74, 6) is 1.57. The summed E-state index contributed by atoms with van der Waals surface area (Å²) < 4.78 is 0. The van der Waals surface area contributed by atoms with E-state index in [9.17, 15) is 0 Å². The molecule has 1 saturated carbocycles. The topological polar surface area (TPSA) is 12.0 Å². The van der Waals surface area contributed by atoms with Crippen LogP contribution in [-0.2, 0) is 0 Å². The van der Waals surface area contributed by atoms with E-state index >= 15 is 0 Å².